The van der Waals surface area contributed by atoms with Crippen LogP contribution in [0.15, 0.2) is 35.2 Å². The summed E-state index contributed by atoms with van der Waals surface area (Å²) in [6.07, 6.45) is 0.699. The van der Waals surface area contributed by atoms with E-state index >= 15 is 0 Å². The van der Waals surface area contributed by atoms with E-state index in [2.05, 4.69) is 6.58 Å². The SMILES string of the molecule is C=C1CC(c2ccc(C(N)=O)cc2S(=O)(=O)C=S=O)C1C. The Morgan fingerprint density at radius 3 is 2.62 bits per heavy atom. The molecule has 0 aliphatic heterocycles. The summed E-state index contributed by atoms with van der Waals surface area (Å²) in [5.41, 5.74) is 6.96. The first kappa shape index (κ1) is 15.7. The lowest BCUT2D eigenvalue weighted by Gasteiger charge is -2.38. The van der Waals surface area contributed by atoms with Crippen molar-refractivity contribution in [2.24, 2.45) is 11.7 Å². The third-order valence-corrected chi connectivity index (χ3v) is 6.19. The summed E-state index contributed by atoms with van der Waals surface area (Å²) < 4.78 is 35.6. The standard InChI is InChI=1S/C14H15NO4S2/c1-8-5-12(9(8)2)11-4-3-10(14(15)16)6-13(11)21(18,19)7-20-17/h3-4,6-7,9,12H,1,5H2,2H3,(H2,15,16). The Bertz CT molecular complexity index is 776. The minimum Gasteiger partial charge on any atom is -0.366 e. The topological polar surface area (TPSA) is 94.3 Å². The first-order valence-electron chi connectivity index (χ1n) is 6.26. The van der Waals surface area contributed by atoms with Gasteiger partial charge < -0.3 is 5.73 Å². The van der Waals surface area contributed by atoms with Crippen molar-refractivity contribution in [3.8, 4) is 0 Å². The summed E-state index contributed by atoms with van der Waals surface area (Å²) in [7, 11) is -3.87. The Labute approximate surface area is 126 Å². The van der Waals surface area contributed by atoms with Gasteiger partial charge in [0.15, 0.2) is 0 Å². The van der Waals surface area contributed by atoms with Crippen LogP contribution in [0.25, 0.3) is 0 Å². The number of amides is 1. The van der Waals surface area contributed by atoms with Crippen LogP contribution >= 0.6 is 0 Å². The van der Waals surface area contributed by atoms with E-state index in [0.717, 1.165) is 5.57 Å². The maximum absolute atomic E-state index is 12.2. The Morgan fingerprint density at radius 2 is 2.14 bits per heavy atom. The quantitative estimate of drug-likeness (QED) is 0.665. The van der Waals surface area contributed by atoms with Gasteiger partial charge in [0, 0.05) is 5.56 Å². The molecule has 7 heteroatoms. The van der Waals surface area contributed by atoms with E-state index in [1.807, 2.05) is 6.92 Å². The lowest BCUT2D eigenvalue weighted by atomic mass is 9.68. The predicted octanol–water partition coefficient (Wildman–Crippen LogP) is 1.21. The number of primary amides is 1. The third-order valence-electron chi connectivity index (χ3n) is 3.90. The molecule has 0 saturated heterocycles. The second-order valence-electron chi connectivity index (χ2n) is 5.11. The largest absolute Gasteiger partial charge is 0.366 e. The van der Waals surface area contributed by atoms with Crippen LogP contribution in [-0.4, -0.2) is 23.2 Å². The number of nitrogens with two attached hydrogens (primary N) is 1. The van der Waals surface area contributed by atoms with Crippen molar-refractivity contribution in [3.05, 3.63) is 41.5 Å². The number of carbonyl (C=O) groups excluding carboxylic acids is 1. The highest BCUT2D eigenvalue weighted by atomic mass is 32.2. The molecule has 1 aliphatic carbocycles. The molecule has 112 valence electrons. The van der Waals surface area contributed by atoms with Gasteiger partial charge in [-0.25, -0.2) is 12.6 Å². The van der Waals surface area contributed by atoms with Gasteiger partial charge >= 0.3 is 0 Å². The van der Waals surface area contributed by atoms with E-state index in [1.54, 1.807) is 6.07 Å². The Balaban J connectivity index is 2.63. The average Bonchev–Trinajstić information content (AvgIpc) is 2.43. The van der Waals surface area contributed by atoms with Crippen LogP contribution in [-0.2, 0) is 21.1 Å². The van der Waals surface area contributed by atoms with Crippen LogP contribution < -0.4 is 5.73 Å². The molecule has 2 unspecified atom stereocenters. The number of benzene rings is 1. The van der Waals surface area contributed by atoms with Gasteiger partial charge in [0.2, 0.25) is 15.7 Å². The molecule has 2 rings (SSSR count). The normalized spacial score (nSPS) is 21.5. The van der Waals surface area contributed by atoms with Crippen molar-refractivity contribution in [1.29, 1.82) is 0 Å². The molecule has 1 saturated carbocycles. The van der Waals surface area contributed by atoms with Crippen LogP contribution in [0, 0.1) is 5.92 Å². The molecule has 21 heavy (non-hydrogen) atoms. The van der Waals surface area contributed by atoms with Crippen LogP contribution in [0.5, 0.6) is 0 Å². The molecular weight excluding hydrogens is 310 g/mol. The second-order valence-corrected chi connectivity index (χ2v) is 7.60. The number of carbonyl (C=O) groups is 1. The van der Waals surface area contributed by atoms with Gasteiger partial charge in [0.1, 0.15) is 16.0 Å². The second kappa shape index (κ2) is 5.57. The van der Waals surface area contributed by atoms with Gasteiger partial charge in [-0.05, 0) is 36.0 Å². The van der Waals surface area contributed by atoms with Gasteiger partial charge in [-0.2, -0.15) is 0 Å². The smallest absolute Gasteiger partial charge is 0.248 e. The fraction of sp³-hybridized carbons (Fsp3) is 0.286. The molecule has 2 N–H and O–H groups in total. The molecule has 0 heterocycles. The zero-order chi connectivity index (χ0) is 15.8. The van der Waals surface area contributed by atoms with Gasteiger partial charge in [-0.3, -0.25) is 4.79 Å². The fourth-order valence-corrected chi connectivity index (χ4v) is 4.16. The minimum atomic E-state index is -3.87. The summed E-state index contributed by atoms with van der Waals surface area (Å²) in [4.78, 5) is 11.2. The van der Waals surface area contributed by atoms with E-state index in [-0.39, 0.29) is 33.6 Å². The molecule has 0 bridgehead atoms. The zero-order valence-electron chi connectivity index (χ0n) is 11.4. The predicted molar refractivity (Wildman–Crippen MR) is 82.0 cm³/mol. The van der Waals surface area contributed by atoms with Crippen molar-refractivity contribution in [2.75, 3.05) is 0 Å². The Morgan fingerprint density at radius 1 is 1.48 bits per heavy atom. The highest BCUT2D eigenvalue weighted by Gasteiger charge is 2.35. The number of rotatable bonds is 4. The monoisotopic (exact) mass is 325 g/mol. The van der Waals surface area contributed by atoms with Crippen molar-refractivity contribution in [3.63, 3.8) is 0 Å². The highest BCUT2D eigenvalue weighted by molar-refractivity contribution is 8.12. The Hall–Kier alpha value is -1.73. The Kier molecular flexibility index (Phi) is 4.15. The van der Waals surface area contributed by atoms with Crippen LogP contribution in [0.3, 0.4) is 0 Å². The molecule has 1 aromatic carbocycles. The molecule has 0 radical (unpaired) electrons. The lowest BCUT2D eigenvalue weighted by Crippen LogP contribution is -2.26. The molecule has 1 aromatic rings. The van der Waals surface area contributed by atoms with Crippen molar-refractivity contribution >= 4 is 31.7 Å². The van der Waals surface area contributed by atoms with E-state index in [9.17, 15) is 17.4 Å². The van der Waals surface area contributed by atoms with Crippen LogP contribution in [0.1, 0.15) is 35.2 Å². The van der Waals surface area contributed by atoms with Crippen molar-refractivity contribution in [1.82, 2.24) is 0 Å². The summed E-state index contributed by atoms with van der Waals surface area (Å²) in [5.74, 6) is -0.522. The molecular formula is C14H15NO4S2. The fourth-order valence-electron chi connectivity index (χ4n) is 2.49. The van der Waals surface area contributed by atoms with E-state index in [1.165, 1.54) is 12.1 Å². The van der Waals surface area contributed by atoms with Gasteiger partial charge in [-0.15, -0.1) is 0 Å². The highest BCUT2D eigenvalue weighted by Crippen LogP contribution is 2.47. The van der Waals surface area contributed by atoms with E-state index in [4.69, 9.17) is 5.73 Å². The number of hydrogen-bond acceptors (Lipinski definition) is 4. The average molecular weight is 325 g/mol. The van der Waals surface area contributed by atoms with Crippen LogP contribution in [0.2, 0.25) is 0 Å². The van der Waals surface area contributed by atoms with Gasteiger partial charge in [0.25, 0.3) is 0 Å². The van der Waals surface area contributed by atoms with Crippen molar-refractivity contribution in [2.45, 2.75) is 24.2 Å². The number of allylic oxidation sites excluding steroid dienone is 1. The maximum atomic E-state index is 12.2. The number of sulfone groups is 1. The first-order valence-corrected chi connectivity index (χ1v) is 8.61. The zero-order valence-corrected chi connectivity index (χ0v) is 13.0. The molecule has 0 aromatic heterocycles. The molecule has 5 nitrogen and oxygen atoms in total. The summed E-state index contributed by atoms with van der Waals surface area (Å²) in [5, 5.41) is 0. The summed E-state index contributed by atoms with van der Waals surface area (Å²) in [6, 6.07) is 4.35. The molecule has 0 spiro atoms. The minimum absolute atomic E-state index is 0.0218. The van der Waals surface area contributed by atoms with Gasteiger partial charge in [0.05, 0.1) is 4.90 Å². The van der Waals surface area contributed by atoms with E-state index < -0.39 is 15.7 Å². The van der Waals surface area contributed by atoms with Crippen LogP contribution in [0.4, 0.5) is 0 Å². The molecule has 1 amide bonds. The molecule has 1 fully saturated rings. The third kappa shape index (κ3) is 2.84. The first-order chi connectivity index (χ1) is 9.77. The van der Waals surface area contributed by atoms with E-state index in [0.29, 0.717) is 16.7 Å². The molecule has 2 atom stereocenters. The number of hydrogen-bond donors (Lipinski definition) is 1. The summed E-state index contributed by atoms with van der Waals surface area (Å²) >= 11 is -0.132. The molecule has 1 aliphatic rings. The van der Waals surface area contributed by atoms with Gasteiger partial charge in [-0.1, -0.05) is 25.1 Å². The maximum Gasteiger partial charge on any atom is 0.248 e. The van der Waals surface area contributed by atoms with Crippen molar-refractivity contribution < 1.29 is 17.4 Å². The summed E-state index contributed by atoms with van der Waals surface area (Å²) in [6.45, 7) is 5.88. The lowest BCUT2D eigenvalue weighted by molar-refractivity contribution is 0.1000.